The molecule has 152 valence electrons. The van der Waals surface area contributed by atoms with Crippen molar-refractivity contribution in [1.82, 2.24) is 5.32 Å². The zero-order chi connectivity index (χ0) is 20.6. The Hall–Kier alpha value is -2.60. The van der Waals surface area contributed by atoms with Gasteiger partial charge in [0.25, 0.3) is 0 Å². The van der Waals surface area contributed by atoms with Gasteiger partial charge in [0, 0.05) is 12.6 Å². The number of amides is 1. The Kier molecular flexibility index (Phi) is 7.81. The molecule has 2 N–H and O–H groups in total. The molecule has 0 aliphatic rings. The fraction of sp³-hybridized carbons (Fsp3) is 0.409. The van der Waals surface area contributed by atoms with Crippen molar-refractivity contribution in [1.29, 1.82) is 0 Å². The van der Waals surface area contributed by atoms with Crippen molar-refractivity contribution < 1.29 is 23.8 Å². The predicted molar refractivity (Wildman–Crippen MR) is 106 cm³/mol. The van der Waals surface area contributed by atoms with Crippen molar-refractivity contribution >= 4 is 6.09 Å². The van der Waals surface area contributed by atoms with E-state index in [2.05, 4.69) is 5.32 Å². The first-order valence-electron chi connectivity index (χ1n) is 9.32. The lowest BCUT2D eigenvalue weighted by atomic mass is 10.0. The molecule has 0 aromatic heterocycles. The maximum absolute atomic E-state index is 14.4. The minimum absolute atomic E-state index is 0.0960. The van der Waals surface area contributed by atoms with Gasteiger partial charge in [-0.3, -0.25) is 0 Å². The molecular formula is C22H28FNO4. The summed E-state index contributed by atoms with van der Waals surface area (Å²) < 4.78 is 25.2. The van der Waals surface area contributed by atoms with Crippen LogP contribution < -0.4 is 10.1 Å². The van der Waals surface area contributed by atoms with Crippen LogP contribution in [0.1, 0.15) is 38.3 Å². The van der Waals surface area contributed by atoms with Crippen molar-refractivity contribution in [2.24, 2.45) is 0 Å². The first-order chi connectivity index (χ1) is 13.3. The van der Waals surface area contributed by atoms with Gasteiger partial charge in [0.2, 0.25) is 0 Å². The zero-order valence-electron chi connectivity index (χ0n) is 16.6. The van der Waals surface area contributed by atoms with Crippen LogP contribution in [0.15, 0.2) is 48.5 Å². The summed E-state index contributed by atoms with van der Waals surface area (Å²) in [6.07, 6.45) is 0.150. The lowest BCUT2D eigenvalue weighted by Crippen LogP contribution is -2.40. The molecule has 6 heteroatoms. The highest BCUT2D eigenvalue weighted by atomic mass is 19.1. The Labute approximate surface area is 165 Å². The largest absolute Gasteiger partial charge is 0.486 e. The second kappa shape index (κ2) is 10.1. The number of nitrogens with one attached hydrogen (secondary N) is 1. The SMILES string of the molecule is CC(C)(C)OC(=O)N[C@H](CCO)Cc1ccc(OCc2ccccc2)c(F)c1. The normalized spacial score (nSPS) is 12.3. The molecule has 0 saturated carbocycles. The lowest BCUT2D eigenvalue weighted by Gasteiger charge is -2.23. The van der Waals surface area contributed by atoms with Gasteiger partial charge in [-0.15, -0.1) is 0 Å². The number of alkyl carbamates (subject to hydrolysis) is 1. The standard InChI is InChI=1S/C22H28FNO4/c1-22(2,3)28-21(26)24-18(11-12-25)13-17-9-10-20(19(23)14-17)27-15-16-7-5-4-6-8-16/h4-10,14,18,25H,11-13,15H2,1-3H3,(H,24,26)/t18-/m1/s1. The fourth-order valence-corrected chi connectivity index (χ4v) is 2.66. The number of benzene rings is 2. The topological polar surface area (TPSA) is 67.8 Å². The molecule has 2 aromatic rings. The van der Waals surface area contributed by atoms with Gasteiger partial charge in [0.05, 0.1) is 0 Å². The molecule has 1 atom stereocenters. The van der Waals surface area contributed by atoms with Gasteiger partial charge in [0.15, 0.2) is 11.6 Å². The number of carbonyl (C=O) groups excluding carboxylic acids is 1. The van der Waals surface area contributed by atoms with Crippen LogP contribution in [0.25, 0.3) is 0 Å². The first-order valence-corrected chi connectivity index (χ1v) is 9.32. The average molecular weight is 389 g/mol. The Balaban J connectivity index is 1.97. The van der Waals surface area contributed by atoms with Crippen LogP contribution in [0.3, 0.4) is 0 Å². The number of hydrogen-bond acceptors (Lipinski definition) is 4. The van der Waals surface area contributed by atoms with E-state index < -0.39 is 17.5 Å². The van der Waals surface area contributed by atoms with Crippen LogP contribution >= 0.6 is 0 Å². The van der Waals surface area contributed by atoms with E-state index >= 15 is 0 Å². The van der Waals surface area contributed by atoms with Gasteiger partial charge in [-0.2, -0.15) is 0 Å². The molecule has 2 aromatic carbocycles. The first kappa shape index (κ1) is 21.7. The minimum atomic E-state index is -0.613. The molecule has 0 bridgehead atoms. The van der Waals surface area contributed by atoms with E-state index in [1.807, 2.05) is 30.3 Å². The highest BCUT2D eigenvalue weighted by molar-refractivity contribution is 5.68. The van der Waals surface area contributed by atoms with Gasteiger partial charge < -0.3 is 19.9 Å². The van der Waals surface area contributed by atoms with Crippen molar-refractivity contribution in [2.45, 2.75) is 51.9 Å². The fourth-order valence-electron chi connectivity index (χ4n) is 2.66. The summed E-state index contributed by atoms with van der Waals surface area (Å²) in [5, 5.41) is 12.0. The molecule has 2 rings (SSSR count). The Morgan fingerprint density at radius 3 is 2.46 bits per heavy atom. The quantitative estimate of drug-likeness (QED) is 0.709. The summed E-state index contributed by atoms with van der Waals surface area (Å²) in [6.45, 7) is 5.51. The van der Waals surface area contributed by atoms with Crippen LogP contribution in [-0.4, -0.2) is 29.4 Å². The summed E-state index contributed by atoms with van der Waals surface area (Å²) in [7, 11) is 0. The molecule has 0 radical (unpaired) electrons. The molecule has 0 spiro atoms. The molecule has 0 aliphatic carbocycles. The molecule has 0 aliphatic heterocycles. The number of aliphatic hydroxyl groups excluding tert-OH is 1. The summed E-state index contributed by atoms with van der Waals surface area (Å²) >= 11 is 0. The van der Waals surface area contributed by atoms with Crippen molar-refractivity contribution in [3.8, 4) is 5.75 Å². The maximum Gasteiger partial charge on any atom is 0.407 e. The third kappa shape index (κ3) is 7.56. The van der Waals surface area contributed by atoms with Crippen LogP contribution in [0, 0.1) is 5.82 Å². The molecular weight excluding hydrogens is 361 g/mol. The summed E-state index contributed by atoms with van der Waals surface area (Å²) in [5.74, 6) is -0.292. The smallest absolute Gasteiger partial charge is 0.407 e. The maximum atomic E-state index is 14.4. The summed E-state index contributed by atoms with van der Waals surface area (Å²) in [6, 6.07) is 13.9. The minimum Gasteiger partial charge on any atom is -0.486 e. The van der Waals surface area contributed by atoms with Crippen LogP contribution in [0.4, 0.5) is 9.18 Å². The second-order valence-electron chi connectivity index (χ2n) is 7.60. The molecule has 1 amide bonds. The highest BCUT2D eigenvalue weighted by Gasteiger charge is 2.20. The highest BCUT2D eigenvalue weighted by Crippen LogP contribution is 2.21. The van der Waals surface area contributed by atoms with E-state index in [4.69, 9.17) is 9.47 Å². The number of carbonyl (C=O) groups is 1. The second-order valence-corrected chi connectivity index (χ2v) is 7.60. The molecule has 5 nitrogen and oxygen atoms in total. The van der Waals surface area contributed by atoms with Gasteiger partial charge in [-0.05, 0) is 56.9 Å². The number of halogens is 1. The van der Waals surface area contributed by atoms with E-state index in [-0.39, 0.29) is 25.0 Å². The molecule has 0 heterocycles. The van der Waals surface area contributed by atoms with Gasteiger partial charge in [0.1, 0.15) is 12.2 Å². The third-order valence-electron chi connectivity index (χ3n) is 3.91. The van der Waals surface area contributed by atoms with Crippen molar-refractivity contribution in [2.75, 3.05) is 6.61 Å². The molecule has 0 unspecified atom stereocenters. The third-order valence-corrected chi connectivity index (χ3v) is 3.91. The summed E-state index contributed by atoms with van der Waals surface area (Å²) in [5.41, 5.74) is 1.03. The molecule has 0 fully saturated rings. The van der Waals surface area contributed by atoms with E-state index in [0.717, 1.165) is 5.56 Å². The van der Waals surface area contributed by atoms with Crippen LogP contribution in [-0.2, 0) is 17.8 Å². The number of aliphatic hydroxyl groups is 1. The van der Waals surface area contributed by atoms with Crippen LogP contribution in [0.2, 0.25) is 0 Å². The van der Waals surface area contributed by atoms with Gasteiger partial charge >= 0.3 is 6.09 Å². The Morgan fingerprint density at radius 2 is 1.86 bits per heavy atom. The van der Waals surface area contributed by atoms with Crippen LogP contribution in [0.5, 0.6) is 5.75 Å². The Morgan fingerprint density at radius 1 is 1.14 bits per heavy atom. The van der Waals surface area contributed by atoms with E-state index in [1.165, 1.54) is 6.07 Å². The van der Waals surface area contributed by atoms with E-state index in [0.29, 0.717) is 18.4 Å². The summed E-state index contributed by atoms with van der Waals surface area (Å²) in [4.78, 5) is 12.0. The molecule has 28 heavy (non-hydrogen) atoms. The van der Waals surface area contributed by atoms with E-state index in [1.54, 1.807) is 32.9 Å². The lowest BCUT2D eigenvalue weighted by molar-refractivity contribution is 0.0497. The predicted octanol–water partition coefficient (Wildman–Crippen LogP) is 4.22. The zero-order valence-corrected chi connectivity index (χ0v) is 16.6. The van der Waals surface area contributed by atoms with Crippen molar-refractivity contribution in [3.05, 3.63) is 65.5 Å². The Bertz CT molecular complexity index is 759. The van der Waals surface area contributed by atoms with Gasteiger partial charge in [-0.25, -0.2) is 9.18 Å². The number of hydrogen-bond donors (Lipinski definition) is 2. The monoisotopic (exact) mass is 389 g/mol. The number of ether oxygens (including phenoxy) is 2. The molecule has 0 saturated heterocycles. The number of rotatable bonds is 8. The van der Waals surface area contributed by atoms with Gasteiger partial charge in [-0.1, -0.05) is 36.4 Å². The average Bonchev–Trinajstić information content (AvgIpc) is 2.60. The van der Waals surface area contributed by atoms with E-state index in [9.17, 15) is 14.3 Å². The van der Waals surface area contributed by atoms with Crippen molar-refractivity contribution in [3.63, 3.8) is 0 Å².